The number of esters is 1. The minimum absolute atomic E-state index is 0.0296. The van der Waals surface area contributed by atoms with Crippen molar-refractivity contribution < 1.29 is 23.9 Å². The lowest BCUT2D eigenvalue weighted by Gasteiger charge is -2.32. The molecule has 2 heterocycles. The van der Waals surface area contributed by atoms with Gasteiger partial charge in [0.1, 0.15) is 0 Å². The van der Waals surface area contributed by atoms with Gasteiger partial charge in [-0.3, -0.25) is 19.2 Å². The van der Waals surface area contributed by atoms with E-state index >= 15 is 0 Å². The number of likely N-dealkylation sites (tertiary alicyclic amines) is 1. The van der Waals surface area contributed by atoms with Crippen LogP contribution < -0.4 is 4.90 Å². The molecule has 0 bridgehead atoms. The van der Waals surface area contributed by atoms with Gasteiger partial charge in [-0.1, -0.05) is 17.7 Å². The van der Waals surface area contributed by atoms with Gasteiger partial charge in [-0.2, -0.15) is 0 Å². The fourth-order valence-corrected chi connectivity index (χ4v) is 4.16. The molecule has 1 aromatic carbocycles. The Bertz CT molecular complexity index is 830. The first kappa shape index (κ1) is 22.8. The average Bonchev–Trinajstić information content (AvgIpc) is 3.15. The highest BCUT2D eigenvalue weighted by atomic mass is 16.5. The molecule has 2 aliphatic heterocycles. The summed E-state index contributed by atoms with van der Waals surface area (Å²) in [7, 11) is 1.60. The zero-order valence-electron chi connectivity index (χ0n) is 18.5. The van der Waals surface area contributed by atoms with Crippen LogP contribution in [0.15, 0.2) is 24.3 Å². The number of hydrogen-bond acceptors (Lipinski definition) is 5. The molecule has 3 amide bonds. The summed E-state index contributed by atoms with van der Waals surface area (Å²) < 4.78 is 5.06. The topological polar surface area (TPSA) is 87.2 Å². The third kappa shape index (κ3) is 5.42. The quantitative estimate of drug-likeness (QED) is 0.641. The minimum atomic E-state index is -0.457. The SMILES string of the molecule is CCOC(=O)C1CCN(C(=O)CN(C)C(=O)C2CC(=O)N(c3ccc(C)cc3)C2)CC1. The van der Waals surface area contributed by atoms with Crippen LogP contribution in [0.25, 0.3) is 0 Å². The molecule has 31 heavy (non-hydrogen) atoms. The van der Waals surface area contributed by atoms with Crippen LogP contribution in [0, 0.1) is 18.8 Å². The molecule has 1 atom stereocenters. The second kappa shape index (κ2) is 9.94. The molecule has 1 unspecified atom stereocenters. The number of carbonyl (C=O) groups is 4. The van der Waals surface area contributed by atoms with Gasteiger partial charge in [0.05, 0.1) is 25.0 Å². The van der Waals surface area contributed by atoms with Crippen LogP contribution in [0.2, 0.25) is 0 Å². The number of nitrogens with zero attached hydrogens (tertiary/aromatic N) is 3. The number of benzene rings is 1. The molecule has 0 N–H and O–H groups in total. The summed E-state index contributed by atoms with van der Waals surface area (Å²) in [5.41, 5.74) is 1.89. The molecule has 0 aliphatic carbocycles. The van der Waals surface area contributed by atoms with Crippen LogP contribution in [0.5, 0.6) is 0 Å². The maximum atomic E-state index is 12.9. The number of anilines is 1. The van der Waals surface area contributed by atoms with E-state index in [0.717, 1.165) is 11.3 Å². The molecule has 2 saturated heterocycles. The number of piperidine rings is 1. The molecular weight excluding hydrogens is 398 g/mol. The number of amides is 3. The van der Waals surface area contributed by atoms with Crippen molar-refractivity contribution in [2.45, 2.75) is 33.1 Å². The third-order valence-electron chi connectivity index (χ3n) is 6.04. The van der Waals surface area contributed by atoms with Crippen LogP contribution in [0.4, 0.5) is 5.69 Å². The summed E-state index contributed by atoms with van der Waals surface area (Å²) in [6.07, 6.45) is 1.30. The summed E-state index contributed by atoms with van der Waals surface area (Å²) in [6.45, 7) is 5.37. The molecule has 168 valence electrons. The summed E-state index contributed by atoms with van der Waals surface area (Å²) in [5.74, 6) is -1.24. The predicted molar refractivity (Wildman–Crippen MR) is 115 cm³/mol. The maximum absolute atomic E-state index is 12.9. The van der Waals surface area contributed by atoms with Crippen molar-refractivity contribution >= 4 is 29.4 Å². The van der Waals surface area contributed by atoms with Gasteiger partial charge in [-0.15, -0.1) is 0 Å². The van der Waals surface area contributed by atoms with E-state index in [9.17, 15) is 19.2 Å². The number of aryl methyl sites for hydroxylation is 1. The first-order valence-electron chi connectivity index (χ1n) is 10.9. The molecule has 0 aromatic heterocycles. The first-order chi connectivity index (χ1) is 14.8. The molecule has 8 heteroatoms. The van der Waals surface area contributed by atoms with E-state index in [4.69, 9.17) is 4.74 Å². The highest BCUT2D eigenvalue weighted by molar-refractivity contribution is 6.00. The van der Waals surface area contributed by atoms with Crippen LogP contribution in [0.3, 0.4) is 0 Å². The molecule has 2 aliphatic rings. The summed E-state index contributed by atoms with van der Waals surface area (Å²) in [4.78, 5) is 54.6. The van der Waals surface area contributed by atoms with E-state index in [0.29, 0.717) is 39.1 Å². The van der Waals surface area contributed by atoms with Crippen molar-refractivity contribution in [2.75, 3.05) is 44.7 Å². The van der Waals surface area contributed by atoms with E-state index in [-0.39, 0.29) is 42.6 Å². The van der Waals surface area contributed by atoms with Gasteiger partial charge in [-0.25, -0.2) is 0 Å². The highest BCUT2D eigenvalue weighted by Gasteiger charge is 2.37. The molecular formula is C23H31N3O5. The number of hydrogen-bond donors (Lipinski definition) is 0. The van der Waals surface area contributed by atoms with Crippen molar-refractivity contribution in [1.82, 2.24) is 9.80 Å². The Labute approximate surface area is 183 Å². The lowest BCUT2D eigenvalue weighted by molar-refractivity contribution is -0.151. The fraction of sp³-hybridized carbons (Fsp3) is 0.565. The largest absolute Gasteiger partial charge is 0.466 e. The smallest absolute Gasteiger partial charge is 0.309 e. The van der Waals surface area contributed by atoms with Crippen LogP contribution in [-0.4, -0.2) is 73.3 Å². The van der Waals surface area contributed by atoms with Gasteiger partial charge in [0, 0.05) is 38.8 Å². The zero-order valence-corrected chi connectivity index (χ0v) is 18.5. The van der Waals surface area contributed by atoms with Gasteiger partial charge >= 0.3 is 5.97 Å². The molecule has 1 aromatic rings. The Kier molecular flexibility index (Phi) is 7.30. The Balaban J connectivity index is 1.50. The summed E-state index contributed by atoms with van der Waals surface area (Å²) in [5, 5.41) is 0. The van der Waals surface area contributed by atoms with Gasteiger partial charge in [0.2, 0.25) is 17.7 Å². The number of carbonyl (C=O) groups excluding carboxylic acids is 4. The van der Waals surface area contributed by atoms with Crippen LogP contribution in [-0.2, 0) is 23.9 Å². The number of ether oxygens (including phenoxy) is 1. The lowest BCUT2D eigenvalue weighted by Crippen LogP contribution is -2.46. The van der Waals surface area contributed by atoms with Gasteiger partial charge in [0.25, 0.3) is 0 Å². The molecule has 0 radical (unpaired) electrons. The van der Waals surface area contributed by atoms with Crippen LogP contribution >= 0.6 is 0 Å². The average molecular weight is 430 g/mol. The number of likely N-dealkylation sites (N-methyl/N-ethyl adjacent to an activating group) is 1. The zero-order chi connectivity index (χ0) is 22.5. The molecule has 0 saturated carbocycles. The predicted octanol–water partition coefficient (Wildman–Crippen LogP) is 1.61. The van der Waals surface area contributed by atoms with E-state index in [1.54, 1.807) is 23.8 Å². The second-order valence-corrected chi connectivity index (χ2v) is 8.34. The van der Waals surface area contributed by atoms with Crippen LogP contribution in [0.1, 0.15) is 31.7 Å². The Morgan fingerprint density at radius 3 is 2.35 bits per heavy atom. The van der Waals surface area contributed by atoms with Gasteiger partial charge in [-0.05, 0) is 38.8 Å². The monoisotopic (exact) mass is 429 g/mol. The summed E-state index contributed by atoms with van der Waals surface area (Å²) >= 11 is 0. The highest BCUT2D eigenvalue weighted by Crippen LogP contribution is 2.26. The molecule has 2 fully saturated rings. The maximum Gasteiger partial charge on any atom is 0.309 e. The standard InChI is InChI=1S/C23H31N3O5/c1-4-31-23(30)17-9-11-25(12-10-17)21(28)15-24(3)22(29)18-13-20(27)26(14-18)19-7-5-16(2)6-8-19/h5-8,17-18H,4,9-15H2,1-3H3. The Morgan fingerprint density at radius 1 is 1.10 bits per heavy atom. The van der Waals surface area contributed by atoms with Crippen molar-refractivity contribution in [3.63, 3.8) is 0 Å². The molecule has 3 rings (SSSR count). The molecule has 8 nitrogen and oxygen atoms in total. The number of rotatable bonds is 6. The van der Waals surface area contributed by atoms with Crippen molar-refractivity contribution in [2.24, 2.45) is 11.8 Å². The van der Waals surface area contributed by atoms with E-state index in [1.807, 2.05) is 31.2 Å². The molecule has 0 spiro atoms. The normalized spacial score (nSPS) is 19.5. The van der Waals surface area contributed by atoms with E-state index in [2.05, 4.69) is 0 Å². The van der Waals surface area contributed by atoms with Crippen molar-refractivity contribution in [3.8, 4) is 0 Å². The van der Waals surface area contributed by atoms with Gasteiger partial charge in [0.15, 0.2) is 0 Å². The summed E-state index contributed by atoms with van der Waals surface area (Å²) in [6, 6.07) is 7.64. The van der Waals surface area contributed by atoms with E-state index in [1.165, 1.54) is 4.90 Å². The second-order valence-electron chi connectivity index (χ2n) is 8.34. The Morgan fingerprint density at radius 2 is 1.74 bits per heavy atom. The van der Waals surface area contributed by atoms with E-state index < -0.39 is 5.92 Å². The first-order valence-corrected chi connectivity index (χ1v) is 10.9. The van der Waals surface area contributed by atoms with Crippen molar-refractivity contribution in [3.05, 3.63) is 29.8 Å². The lowest BCUT2D eigenvalue weighted by atomic mass is 9.97. The van der Waals surface area contributed by atoms with Crippen molar-refractivity contribution in [1.29, 1.82) is 0 Å². The Hall–Kier alpha value is -2.90. The fourth-order valence-electron chi connectivity index (χ4n) is 4.16. The minimum Gasteiger partial charge on any atom is -0.466 e. The van der Waals surface area contributed by atoms with Gasteiger partial charge < -0.3 is 19.4 Å². The third-order valence-corrected chi connectivity index (χ3v) is 6.04.